The average Bonchev–Trinajstić information content (AvgIpc) is 3.13. The Balaban J connectivity index is 1.59. The van der Waals surface area contributed by atoms with Gasteiger partial charge in [0.2, 0.25) is 10.8 Å². The zero-order valence-corrected chi connectivity index (χ0v) is 17.5. The minimum Gasteiger partial charge on any atom is -0.465 e. The molecule has 158 valence electrons. The highest BCUT2D eigenvalue weighted by Crippen LogP contribution is 2.31. The molecular weight excluding hydrogens is 432 g/mol. The molecular formula is C18H18N4O6S2. The Morgan fingerprint density at radius 1 is 1.23 bits per heavy atom. The lowest BCUT2D eigenvalue weighted by Gasteiger charge is -2.28. The molecule has 4 rings (SSSR count). The highest BCUT2D eigenvalue weighted by atomic mass is 32.2. The number of piperidine rings is 1. The normalized spacial score (nSPS) is 15.4. The number of hydrogen-bond donors (Lipinski definition) is 1. The molecule has 0 spiro atoms. The zero-order chi connectivity index (χ0) is 21.5. The molecule has 1 aliphatic rings. The monoisotopic (exact) mass is 450 g/mol. The number of likely N-dealkylation sites (tertiary alicyclic amines) is 1. The largest absolute Gasteiger partial charge is 0.465 e. The molecule has 12 heteroatoms. The Morgan fingerprint density at radius 3 is 2.53 bits per heavy atom. The number of amides is 1. The van der Waals surface area contributed by atoms with Crippen LogP contribution < -0.4 is 9.74 Å². The van der Waals surface area contributed by atoms with Crippen molar-refractivity contribution in [2.24, 2.45) is 0 Å². The van der Waals surface area contributed by atoms with Crippen LogP contribution in [0.15, 0.2) is 40.0 Å². The van der Waals surface area contributed by atoms with Gasteiger partial charge in [-0.05, 0) is 31.9 Å². The maximum atomic E-state index is 12.5. The summed E-state index contributed by atoms with van der Waals surface area (Å²) in [5.41, 5.74) is 0.345. The van der Waals surface area contributed by atoms with Gasteiger partial charge in [0.25, 0.3) is 5.56 Å². The molecule has 1 aliphatic heterocycles. The molecule has 0 bridgehead atoms. The van der Waals surface area contributed by atoms with E-state index in [2.05, 4.69) is 10.1 Å². The maximum absolute atomic E-state index is 12.5. The highest BCUT2D eigenvalue weighted by Gasteiger charge is 2.27. The van der Waals surface area contributed by atoms with E-state index >= 15 is 0 Å². The van der Waals surface area contributed by atoms with Gasteiger partial charge in [-0.15, -0.1) is 0 Å². The summed E-state index contributed by atoms with van der Waals surface area (Å²) in [5.74, 6) is -0.316. The molecule has 0 saturated carbocycles. The van der Waals surface area contributed by atoms with Gasteiger partial charge in [0.1, 0.15) is 9.90 Å². The first-order valence-corrected chi connectivity index (χ1v) is 11.4. The molecule has 0 aliphatic carbocycles. The number of nitrogens with zero attached hydrogens (tertiary/aromatic N) is 4. The Hall–Kier alpha value is -2.99. The highest BCUT2D eigenvalue weighted by molar-refractivity contribution is 7.87. The Labute approximate surface area is 175 Å². The van der Waals surface area contributed by atoms with Gasteiger partial charge in [0.05, 0.1) is 6.07 Å². The van der Waals surface area contributed by atoms with Crippen LogP contribution in [0.3, 0.4) is 0 Å². The number of hydrogen-bond acceptors (Lipinski definition) is 8. The van der Waals surface area contributed by atoms with Crippen molar-refractivity contribution in [1.29, 1.82) is 0 Å². The number of carboxylic acid groups (broad SMARTS) is 1. The smallest absolute Gasteiger partial charge is 0.407 e. The summed E-state index contributed by atoms with van der Waals surface area (Å²) < 4.78 is 31.1. The van der Waals surface area contributed by atoms with E-state index in [0.717, 1.165) is 16.1 Å². The molecule has 10 nitrogen and oxygen atoms in total. The first-order chi connectivity index (χ1) is 14.2. The van der Waals surface area contributed by atoms with Gasteiger partial charge in [0.15, 0.2) is 0 Å². The SMILES string of the molecule is Cc1ccc(S(=O)(=O)Oc2cc(=O)n3nc(C4CCN(C(=O)O)CC4)sc3n2)cc1. The summed E-state index contributed by atoms with van der Waals surface area (Å²) in [5, 5.41) is 14.0. The van der Waals surface area contributed by atoms with Crippen LogP contribution in [-0.2, 0) is 10.1 Å². The molecule has 1 amide bonds. The lowest BCUT2D eigenvalue weighted by Crippen LogP contribution is -2.36. The van der Waals surface area contributed by atoms with Crippen LogP contribution in [0.1, 0.15) is 29.3 Å². The van der Waals surface area contributed by atoms with E-state index in [1.54, 1.807) is 12.1 Å². The van der Waals surface area contributed by atoms with Crippen LogP contribution in [-0.4, -0.2) is 52.2 Å². The van der Waals surface area contributed by atoms with Crippen LogP contribution in [0.4, 0.5) is 4.79 Å². The molecule has 0 radical (unpaired) electrons. The minimum absolute atomic E-state index is 0.00681. The van der Waals surface area contributed by atoms with Crippen LogP contribution >= 0.6 is 11.3 Å². The van der Waals surface area contributed by atoms with E-state index in [-0.39, 0.29) is 21.7 Å². The molecule has 0 atom stereocenters. The Kier molecular flexibility index (Phi) is 5.20. The van der Waals surface area contributed by atoms with Crippen LogP contribution in [0.25, 0.3) is 4.96 Å². The molecule has 2 aromatic heterocycles. The molecule has 3 aromatic rings. The number of aryl methyl sites for hydroxylation is 1. The summed E-state index contributed by atoms with van der Waals surface area (Å²) in [7, 11) is -4.13. The van der Waals surface area contributed by atoms with Gasteiger partial charge in [-0.2, -0.15) is 23.0 Å². The third-order valence-corrected chi connectivity index (χ3v) is 7.17. The summed E-state index contributed by atoms with van der Waals surface area (Å²) in [6.45, 7) is 2.61. The van der Waals surface area contributed by atoms with Crippen molar-refractivity contribution in [2.75, 3.05) is 13.1 Å². The van der Waals surface area contributed by atoms with Crippen molar-refractivity contribution in [2.45, 2.75) is 30.6 Å². The topological polar surface area (TPSA) is 131 Å². The number of benzene rings is 1. The summed E-state index contributed by atoms with van der Waals surface area (Å²) in [6, 6.07) is 7.11. The van der Waals surface area contributed by atoms with Crippen LogP contribution in [0.5, 0.6) is 5.88 Å². The lowest BCUT2D eigenvalue weighted by atomic mass is 9.98. The molecule has 0 unspecified atom stereocenters. The van der Waals surface area contributed by atoms with E-state index in [1.165, 1.54) is 28.4 Å². The second kappa shape index (κ2) is 7.69. The Bertz CT molecular complexity index is 1260. The van der Waals surface area contributed by atoms with E-state index in [4.69, 9.17) is 9.29 Å². The summed E-state index contributed by atoms with van der Waals surface area (Å²) >= 11 is 1.17. The van der Waals surface area contributed by atoms with Crippen molar-refractivity contribution in [3.63, 3.8) is 0 Å². The third-order valence-electron chi connectivity index (χ3n) is 4.86. The first kappa shape index (κ1) is 20.3. The molecule has 1 saturated heterocycles. The van der Waals surface area contributed by atoms with Crippen molar-refractivity contribution < 1.29 is 22.5 Å². The number of carbonyl (C=O) groups is 1. The van der Waals surface area contributed by atoms with Crippen LogP contribution in [0.2, 0.25) is 0 Å². The number of aromatic nitrogens is 3. The van der Waals surface area contributed by atoms with Crippen molar-refractivity contribution in [3.8, 4) is 5.88 Å². The van der Waals surface area contributed by atoms with Crippen molar-refractivity contribution >= 4 is 32.5 Å². The molecule has 3 heterocycles. The predicted molar refractivity (Wildman–Crippen MR) is 108 cm³/mol. The lowest BCUT2D eigenvalue weighted by molar-refractivity contribution is 0.132. The second-order valence-electron chi connectivity index (χ2n) is 6.96. The fourth-order valence-electron chi connectivity index (χ4n) is 3.20. The van der Waals surface area contributed by atoms with Gasteiger partial charge >= 0.3 is 16.2 Å². The van der Waals surface area contributed by atoms with Crippen molar-refractivity contribution in [1.82, 2.24) is 19.5 Å². The Morgan fingerprint density at radius 2 is 1.90 bits per heavy atom. The van der Waals surface area contributed by atoms with Gasteiger partial charge < -0.3 is 14.2 Å². The van der Waals surface area contributed by atoms with E-state index in [0.29, 0.717) is 30.9 Å². The molecule has 1 N–H and O–H groups in total. The molecule has 30 heavy (non-hydrogen) atoms. The zero-order valence-electron chi connectivity index (χ0n) is 15.9. The molecule has 1 fully saturated rings. The van der Waals surface area contributed by atoms with Crippen LogP contribution in [0, 0.1) is 6.92 Å². The summed E-state index contributed by atoms with van der Waals surface area (Å²) in [4.78, 5) is 29.1. The van der Waals surface area contributed by atoms with Gasteiger partial charge in [-0.1, -0.05) is 29.0 Å². The summed E-state index contributed by atoms with van der Waals surface area (Å²) in [6.07, 6.45) is 0.227. The number of rotatable bonds is 4. The van der Waals surface area contributed by atoms with Gasteiger partial charge in [-0.25, -0.2) is 4.79 Å². The quantitative estimate of drug-likeness (QED) is 0.598. The number of fused-ring (bicyclic) bond motifs is 1. The first-order valence-electron chi connectivity index (χ1n) is 9.13. The van der Waals surface area contributed by atoms with E-state index in [9.17, 15) is 18.0 Å². The minimum atomic E-state index is -4.13. The average molecular weight is 450 g/mol. The predicted octanol–water partition coefficient (Wildman–Crippen LogP) is 2.08. The van der Waals surface area contributed by atoms with Gasteiger partial charge in [0, 0.05) is 19.0 Å². The second-order valence-corrected chi connectivity index (χ2v) is 9.50. The third kappa shape index (κ3) is 4.00. The molecule has 1 aromatic carbocycles. The van der Waals surface area contributed by atoms with E-state index < -0.39 is 21.8 Å². The fraction of sp³-hybridized carbons (Fsp3) is 0.333. The van der Waals surface area contributed by atoms with Crippen molar-refractivity contribution in [3.05, 3.63) is 51.3 Å². The van der Waals surface area contributed by atoms with Gasteiger partial charge in [-0.3, -0.25) is 4.79 Å². The van der Waals surface area contributed by atoms with E-state index in [1.807, 2.05) is 6.92 Å². The maximum Gasteiger partial charge on any atom is 0.407 e. The fourth-order valence-corrected chi connectivity index (χ4v) is 5.14. The standard InChI is InChI=1S/C18H18N4O6S2/c1-11-2-4-13(5-3-11)30(26,27)28-14-10-15(23)22-17(19-14)29-16(20-22)12-6-8-21(9-7-12)18(24)25/h2-5,10,12H,6-9H2,1H3,(H,24,25).